The van der Waals surface area contributed by atoms with Crippen LogP contribution in [0.2, 0.25) is 0 Å². The van der Waals surface area contributed by atoms with E-state index in [-0.39, 0.29) is 0 Å². The van der Waals surface area contributed by atoms with Crippen LogP contribution in [0.15, 0.2) is 36.8 Å². The maximum absolute atomic E-state index is 9.66. The largest absolute Gasteiger partial charge is 0.378 e. The molecule has 3 rings (SSSR count). The zero-order valence-electron chi connectivity index (χ0n) is 11.4. The van der Waals surface area contributed by atoms with Gasteiger partial charge in [-0.2, -0.15) is 5.10 Å². The van der Waals surface area contributed by atoms with E-state index < -0.39 is 5.60 Å². The molecule has 0 unspecified atom stereocenters. The van der Waals surface area contributed by atoms with Crippen molar-refractivity contribution in [3.63, 3.8) is 0 Å². The van der Waals surface area contributed by atoms with Crippen molar-refractivity contribution in [3.8, 4) is 23.0 Å². The number of nitrogens with one attached hydrogen (secondary N) is 2. The molecule has 4 nitrogen and oxygen atoms in total. The minimum atomic E-state index is -0.986. The van der Waals surface area contributed by atoms with Crippen molar-refractivity contribution in [2.75, 3.05) is 0 Å². The van der Waals surface area contributed by atoms with Gasteiger partial charge in [-0.15, -0.1) is 0 Å². The van der Waals surface area contributed by atoms with E-state index in [9.17, 15) is 5.11 Å². The Hall–Kier alpha value is -2.51. The SMILES string of the molecule is CC(C)(O)C#Cc1ccc2[nH]cc(-c3cn[nH]c3)c2c1. The van der Waals surface area contributed by atoms with Crippen molar-refractivity contribution in [1.82, 2.24) is 15.2 Å². The molecule has 2 heterocycles. The van der Waals surface area contributed by atoms with E-state index in [2.05, 4.69) is 27.0 Å². The monoisotopic (exact) mass is 265 g/mol. The maximum atomic E-state index is 9.66. The van der Waals surface area contributed by atoms with Gasteiger partial charge < -0.3 is 10.1 Å². The average molecular weight is 265 g/mol. The van der Waals surface area contributed by atoms with Gasteiger partial charge in [0, 0.05) is 40.0 Å². The Morgan fingerprint density at radius 1 is 1.25 bits per heavy atom. The number of nitrogens with zero attached hydrogens (tertiary/aromatic N) is 1. The minimum Gasteiger partial charge on any atom is -0.378 e. The molecule has 0 spiro atoms. The number of fused-ring (bicyclic) bond motifs is 1. The third-order valence-electron chi connectivity index (χ3n) is 3.00. The van der Waals surface area contributed by atoms with Crippen LogP contribution in [-0.4, -0.2) is 25.9 Å². The van der Waals surface area contributed by atoms with E-state index in [1.165, 1.54) is 0 Å². The summed E-state index contributed by atoms with van der Waals surface area (Å²) >= 11 is 0. The molecule has 0 saturated heterocycles. The highest BCUT2D eigenvalue weighted by Crippen LogP contribution is 2.28. The molecule has 0 amide bonds. The molecule has 4 heteroatoms. The van der Waals surface area contributed by atoms with Gasteiger partial charge >= 0.3 is 0 Å². The summed E-state index contributed by atoms with van der Waals surface area (Å²) in [7, 11) is 0. The molecule has 2 aromatic heterocycles. The van der Waals surface area contributed by atoms with Gasteiger partial charge in [0.25, 0.3) is 0 Å². The summed E-state index contributed by atoms with van der Waals surface area (Å²) in [4.78, 5) is 3.24. The Balaban J connectivity index is 2.10. The summed E-state index contributed by atoms with van der Waals surface area (Å²) < 4.78 is 0. The fourth-order valence-corrected chi connectivity index (χ4v) is 2.06. The second-order valence-corrected chi connectivity index (χ2v) is 5.26. The van der Waals surface area contributed by atoms with Gasteiger partial charge in [-0.05, 0) is 32.0 Å². The molecule has 1 aromatic carbocycles. The summed E-state index contributed by atoms with van der Waals surface area (Å²) in [6, 6.07) is 5.96. The summed E-state index contributed by atoms with van der Waals surface area (Å²) in [5, 5.41) is 17.6. The first kappa shape index (κ1) is 12.5. The molecule has 20 heavy (non-hydrogen) atoms. The van der Waals surface area contributed by atoms with Crippen LogP contribution in [0.4, 0.5) is 0 Å². The number of benzene rings is 1. The van der Waals surface area contributed by atoms with E-state index in [0.717, 1.165) is 27.6 Å². The van der Waals surface area contributed by atoms with Gasteiger partial charge in [0.1, 0.15) is 5.60 Å². The van der Waals surface area contributed by atoms with Crippen molar-refractivity contribution >= 4 is 10.9 Å². The molecule has 0 fully saturated rings. The van der Waals surface area contributed by atoms with E-state index in [1.54, 1.807) is 20.0 Å². The Bertz CT molecular complexity index is 796. The van der Waals surface area contributed by atoms with Crippen molar-refractivity contribution in [2.45, 2.75) is 19.4 Å². The zero-order valence-corrected chi connectivity index (χ0v) is 11.4. The Morgan fingerprint density at radius 3 is 2.80 bits per heavy atom. The average Bonchev–Trinajstić information content (AvgIpc) is 3.03. The number of aromatic amines is 2. The fourth-order valence-electron chi connectivity index (χ4n) is 2.06. The van der Waals surface area contributed by atoms with E-state index in [4.69, 9.17) is 0 Å². The van der Waals surface area contributed by atoms with Crippen LogP contribution in [-0.2, 0) is 0 Å². The van der Waals surface area contributed by atoms with E-state index in [0.29, 0.717) is 0 Å². The lowest BCUT2D eigenvalue weighted by Crippen LogP contribution is -2.14. The third kappa shape index (κ3) is 2.44. The van der Waals surface area contributed by atoms with Gasteiger partial charge in [-0.1, -0.05) is 11.8 Å². The Kier molecular flexibility index (Phi) is 2.85. The Morgan fingerprint density at radius 2 is 2.10 bits per heavy atom. The molecule has 0 radical (unpaired) electrons. The van der Waals surface area contributed by atoms with E-state index >= 15 is 0 Å². The molecular weight excluding hydrogens is 250 g/mol. The third-order valence-corrected chi connectivity index (χ3v) is 3.00. The van der Waals surface area contributed by atoms with Crippen LogP contribution in [0.5, 0.6) is 0 Å². The molecule has 100 valence electrons. The summed E-state index contributed by atoms with van der Waals surface area (Å²) in [6.07, 6.45) is 5.61. The number of hydrogen-bond donors (Lipinski definition) is 3. The standard InChI is InChI=1S/C16H15N3O/c1-16(2,20)6-5-11-3-4-15-13(7-11)14(10-17-15)12-8-18-19-9-12/h3-4,7-10,17,20H,1-2H3,(H,18,19). The smallest absolute Gasteiger partial charge is 0.120 e. The predicted molar refractivity (Wildman–Crippen MR) is 79.1 cm³/mol. The zero-order chi connectivity index (χ0) is 14.2. The highest BCUT2D eigenvalue weighted by atomic mass is 16.3. The molecule has 0 saturated carbocycles. The topological polar surface area (TPSA) is 64.7 Å². The van der Waals surface area contributed by atoms with Crippen LogP contribution in [0.3, 0.4) is 0 Å². The van der Waals surface area contributed by atoms with Crippen molar-refractivity contribution in [1.29, 1.82) is 0 Å². The second-order valence-electron chi connectivity index (χ2n) is 5.26. The molecule has 3 aromatic rings. The lowest BCUT2D eigenvalue weighted by Gasteiger charge is -2.05. The molecule has 0 atom stereocenters. The number of aliphatic hydroxyl groups is 1. The van der Waals surface area contributed by atoms with Gasteiger partial charge in [0.05, 0.1) is 6.20 Å². The number of hydrogen-bond acceptors (Lipinski definition) is 2. The highest BCUT2D eigenvalue weighted by molar-refractivity contribution is 5.96. The minimum absolute atomic E-state index is 0.879. The van der Waals surface area contributed by atoms with Crippen molar-refractivity contribution in [2.24, 2.45) is 0 Å². The number of rotatable bonds is 1. The molecule has 0 bridgehead atoms. The lowest BCUT2D eigenvalue weighted by molar-refractivity contribution is 0.143. The van der Waals surface area contributed by atoms with Gasteiger partial charge in [0.15, 0.2) is 0 Å². The van der Waals surface area contributed by atoms with E-state index in [1.807, 2.05) is 30.6 Å². The van der Waals surface area contributed by atoms with Crippen molar-refractivity contribution < 1.29 is 5.11 Å². The first-order valence-electron chi connectivity index (χ1n) is 6.39. The molecular formula is C16H15N3O. The number of aromatic nitrogens is 3. The van der Waals surface area contributed by atoms with Crippen LogP contribution in [0.1, 0.15) is 19.4 Å². The summed E-state index contributed by atoms with van der Waals surface area (Å²) in [6.45, 7) is 3.34. The lowest BCUT2D eigenvalue weighted by atomic mass is 10.0. The van der Waals surface area contributed by atoms with Crippen LogP contribution in [0, 0.1) is 11.8 Å². The summed E-state index contributed by atoms with van der Waals surface area (Å²) in [5.74, 6) is 5.83. The van der Waals surface area contributed by atoms with Gasteiger partial charge in [-0.3, -0.25) is 5.10 Å². The van der Waals surface area contributed by atoms with Crippen LogP contribution >= 0.6 is 0 Å². The van der Waals surface area contributed by atoms with Crippen LogP contribution < -0.4 is 0 Å². The second kappa shape index (κ2) is 4.55. The Labute approximate surface area is 116 Å². The number of H-pyrrole nitrogens is 2. The quantitative estimate of drug-likeness (QED) is 0.592. The maximum Gasteiger partial charge on any atom is 0.120 e. The molecule has 0 aliphatic rings. The first-order chi connectivity index (χ1) is 9.53. The van der Waals surface area contributed by atoms with Crippen LogP contribution in [0.25, 0.3) is 22.0 Å². The predicted octanol–water partition coefficient (Wildman–Crippen LogP) is 2.68. The molecule has 3 N–H and O–H groups in total. The fraction of sp³-hybridized carbons (Fsp3) is 0.188. The van der Waals surface area contributed by atoms with Gasteiger partial charge in [0.2, 0.25) is 0 Å². The highest BCUT2D eigenvalue weighted by Gasteiger charge is 2.08. The molecule has 0 aliphatic heterocycles. The molecule has 0 aliphatic carbocycles. The summed E-state index contributed by atoms with van der Waals surface area (Å²) in [5.41, 5.74) is 3.06. The van der Waals surface area contributed by atoms with Crippen molar-refractivity contribution in [3.05, 3.63) is 42.4 Å². The normalized spacial score (nSPS) is 11.3. The van der Waals surface area contributed by atoms with Gasteiger partial charge in [-0.25, -0.2) is 0 Å². The first-order valence-corrected chi connectivity index (χ1v) is 6.39.